The van der Waals surface area contributed by atoms with E-state index in [2.05, 4.69) is 35.4 Å². The van der Waals surface area contributed by atoms with Gasteiger partial charge in [-0.3, -0.25) is 33.6 Å². The van der Waals surface area contributed by atoms with Crippen LogP contribution in [0.1, 0.15) is 11.4 Å². The van der Waals surface area contributed by atoms with E-state index in [4.69, 9.17) is 0 Å². The Balaban J connectivity index is 1.16. The third-order valence-electron chi connectivity index (χ3n) is 7.77. The van der Waals surface area contributed by atoms with Crippen LogP contribution in [0.5, 0.6) is 5.75 Å². The summed E-state index contributed by atoms with van der Waals surface area (Å²) in [4.78, 5) is 25.0. The number of nitrogens with one attached hydrogen (secondary N) is 3. The lowest BCUT2D eigenvalue weighted by molar-refractivity contribution is 0.475. The predicted octanol–water partition coefficient (Wildman–Crippen LogP) is 5.09. The summed E-state index contributed by atoms with van der Waals surface area (Å²) in [5.74, 6) is -0.439. The number of sulfonamides is 1. The molecule has 20 nitrogen and oxygen atoms in total. The molecule has 0 bridgehead atoms. The van der Waals surface area contributed by atoms with Crippen LogP contribution in [0.25, 0.3) is 11.4 Å². The molecule has 6 N–H and O–H groups in total. The van der Waals surface area contributed by atoms with Crippen LogP contribution in [0.4, 0.5) is 28.4 Å². The molecular weight excluding hydrogens is 783 g/mol. The van der Waals surface area contributed by atoms with Gasteiger partial charge in [0.25, 0.3) is 41.4 Å². The van der Waals surface area contributed by atoms with Crippen molar-refractivity contribution in [2.75, 3.05) is 4.72 Å². The SMILES string of the molecule is Cc1[nH]n(-c2ccc(S(=O)(=O)O)cc2)c(=O)c1N=Nc1ccc(NS(=O)(=O)c2ccc(O)c(N=Nc3c(C)[nH]n(-c4ccc(S(=O)(=O)O)cc4)c3=O)c2)cc1. The van der Waals surface area contributed by atoms with Crippen LogP contribution in [-0.4, -0.2) is 59.0 Å². The molecule has 0 saturated carbocycles. The first-order valence-electron chi connectivity index (χ1n) is 15.4. The zero-order valence-electron chi connectivity index (χ0n) is 28.2. The van der Waals surface area contributed by atoms with Gasteiger partial charge in [-0.1, -0.05) is 0 Å². The lowest BCUT2D eigenvalue weighted by Gasteiger charge is -2.09. The molecule has 0 aliphatic rings. The number of H-pyrrole nitrogens is 2. The molecule has 0 unspecified atom stereocenters. The number of benzene rings is 4. The van der Waals surface area contributed by atoms with Crippen molar-refractivity contribution in [2.45, 2.75) is 28.5 Å². The number of phenols is 1. The molecule has 0 aliphatic carbocycles. The molecule has 0 atom stereocenters. The zero-order chi connectivity index (χ0) is 39.9. The zero-order valence-corrected chi connectivity index (χ0v) is 30.6. The molecule has 55 heavy (non-hydrogen) atoms. The third-order valence-corrected chi connectivity index (χ3v) is 10.9. The van der Waals surface area contributed by atoms with Crippen molar-refractivity contribution in [3.05, 3.63) is 123 Å². The highest BCUT2D eigenvalue weighted by atomic mass is 32.2. The first-order valence-corrected chi connectivity index (χ1v) is 19.8. The number of hydrogen-bond donors (Lipinski definition) is 6. The van der Waals surface area contributed by atoms with E-state index in [1.807, 2.05) is 0 Å². The smallest absolute Gasteiger partial charge is 0.299 e. The number of aromatic hydroxyl groups is 1. The normalized spacial score (nSPS) is 12.5. The summed E-state index contributed by atoms with van der Waals surface area (Å²) in [6.45, 7) is 3.08. The van der Waals surface area contributed by atoms with Gasteiger partial charge in [-0.2, -0.15) is 21.9 Å². The van der Waals surface area contributed by atoms with E-state index >= 15 is 0 Å². The fourth-order valence-electron chi connectivity index (χ4n) is 4.98. The number of rotatable bonds is 11. The molecule has 0 aliphatic heterocycles. The van der Waals surface area contributed by atoms with Gasteiger partial charge in [0, 0.05) is 5.69 Å². The molecule has 4 aromatic carbocycles. The van der Waals surface area contributed by atoms with E-state index in [-0.39, 0.29) is 60.2 Å². The summed E-state index contributed by atoms with van der Waals surface area (Å²) in [5, 5.41) is 31.8. The molecule has 284 valence electrons. The van der Waals surface area contributed by atoms with Crippen molar-refractivity contribution in [3.63, 3.8) is 0 Å². The van der Waals surface area contributed by atoms with Gasteiger partial charge in [-0.05, 0) is 105 Å². The first kappa shape index (κ1) is 38.2. The molecular formula is C32H27N9O11S3. The molecule has 6 rings (SSSR count). The highest BCUT2D eigenvalue weighted by Crippen LogP contribution is 2.32. The lowest BCUT2D eigenvalue weighted by Crippen LogP contribution is -2.14. The topological polar surface area (TPSA) is 300 Å². The average Bonchev–Trinajstić information content (AvgIpc) is 3.58. The second-order valence-electron chi connectivity index (χ2n) is 11.6. The van der Waals surface area contributed by atoms with Crippen molar-refractivity contribution < 1.29 is 39.5 Å². The van der Waals surface area contributed by atoms with Crippen LogP contribution < -0.4 is 15.8 Å². The first-order chi connectivity index (χ1) is 25.8. The van der Waals surface area contributed by atoms with E-state index in [0.29, 0.717) is 5.69 Å². The monoisotopic (exact) mass is 809 g/mol. The van der Waals surface area contributed by atoms with Crippen LogP contribution in [0.3, 0.4) is 0 Å². The van der Waals surface area contributed by atoms with E-state index in [9.17, 15) is 49.1 Å². The van der Waals surface area contributed by atoms with Crippen LogP contribution in [0.15, 0.2) is 136 Å². The van der Waals surface area contributed by atoms with Crippen molar-refractivity contribution in [3.8, 4) is 17.1 Å². The van der Waals surface area contributed by atoms with Crippen molar-refractivity contribution >= 4 is 58.7 Å². The van der Waals surface area contributed by atoms with Gasteiger partial charge in [0.15, 0.2) is 11.4 Å². The Bertz CT molecular complexity index is 2970. The van der Waals surface area contributed by atoms with Crippen molar-refractivity contribution in [2.24, 2.45) is 20.5 Å². The van der Waals surface area contributed by atoms with Gasteiger partial charge in [-0.25, -0.2) is 17.8 Å². The van der Waals surface area contributed by atoms with Gasteiger partial charge in [0.1, 0.15) is 11.4 Å². The Morgan fingerprint density at radius 1 is 0.582 bits per heavy atom. The average molecular weight is 810 g/mol. The van der Waals surface area contributed by atoms with Gasteiger partial charge in [-0.15, -0.1) is 15.3 Å². The third kappa shape index (κ3) is 8.19. The Kier molecular flexibility index (Phi) is 9.98. The Morgan fingerprint density at radius 2 is 1.02 bits per heavy atom. The molecule has 0 spiro atoms. The number of aromatic amines is 2. The summed E-state index contributed by atoms with van der Waals surface area (Å²) in [6.07, 6.45) is 0. The highest BCUT2D eigenvalue weighted by molar-refractivity contribution is 7.92. The summed E-state index contributed by atoms with van der Waals surface area (Å²) < 4.78 is 94.7. The number of nitrogens with zero attached hydrogens (tertiary/aromatic N) is 6. The number of phenolic OH excluding ortho intramolecular Hbond substituents is 1. The fourth-order valence-corrected chi connectivity index (χ4v) is 7.02. The van der Waals surface area contributed by atoms with E-state index in [0.717, 1.165) is 51.8 Å². The molecule has 2 heterocycles. The maximum Gasteiger partial charge on any atom is 0.299 e. The molecule has 0 amide bonds. The molecule has 2 aromatic heterocycles. The number of aryl methyl sites for hydroxylation is 2. The molecule has 0 saturated heterocycles. The Labute approximate surface area is 310 Å². The maximum absolute atomic E-state index is 13.2. The number of hydrogen-bond acceptors (Lipinski definition) is 13. The van der Waals surface area contributed by atoms with E-state index in [1.54, 1.807) is 6.92 Å². The van der Waals surface area contributed by atoms with Gasteiger partial charge in [0.2, 0.25) is 0 Å². The molecule has 0 radical (unpaired) electrons. The van der Waals surface area contributed by atoms with Crippen molar-refractivity contribution in [1.82, 2.24) is 19.6 Å². The van der Waals surface area contributed by atoms with Crippen LogP contribution in [0.2, 0.25) is 0 Å². The second kappa shape index (κ2) is 14.4. The number of anilines is 1. The Hall–Kier alpha value is -6.53. The summed E-state index contributed by atoms with van der Waals surface area (Å²) in [6, 6.07) is 18.5. The minimum absolute atomic E-state index is 0.0469. The number of azo groups is 2. The summed E-state index contributed by atoms with van der Waals surface area (Å²) in [7, 11) is -13.1. The van der Waals surface area contributed by atoms with Crippen LogP contribution >= 0.6 is 0 Å². The summed E-state index contributed by atoms with van der Waals surface area (Å²) >= 11 is 0. The summed E-state index contributed by atoms with van der Waals surface area (Å²) in [5.41, 5.74) is -0.348. The standard InChI is InChI=1S/C32H27N9O11S3/c1-18-29(31(43)40(37-18)22-7-11-24(12-8-22)54(47,48)49)35-33-20-3-5-21(6-4-20)39-53(45,46)26-15-16-28(42)27(17-26)34-36-30-19(2)38-41(32(30)44)23-9-13-25(14-10-23)55(50,51)52/h3-17,37-39,42H,1-2H3,(H,47,48,49)(H,50,51,52). The number of aromatic nitrogens is 4. The minimum Gasteiger partial charge on any atom is -0.506 e. The van der Waals surface area contributed by atoms with E-state index in [1.165, 1.54) is 55.5 Å². The Morgan fingerprint density at radius 3 is 1.47 bits per heavy atom. The lowest BCUT2D eigenvalue weighted by atomic mass is 10.3. The fraction of sp³-hybridized carbons (Fsp3) is 0.0625. The largest absolute Gasteiger partial charge is 0.506 e. The van der Waals surface area contributed by atoms with Gasteiger partial charge < -0.3 is 5.11 Å². The highest BCUT2D eigenvalue weighted by Gasteiger charge is 2.19. The minimum atomic E-state index is -4.45. The molecule has 0 fully saturated rings. The van der Waals surface area contributed by atoms with Crippen LogP contribution in [0, 0.1) is 13.8 Å². The maximum atomic E-state index is 13.2. The molecule has 23 heteroatoms. The quantitative estimate of drug-likeness (QED) is 0.0739. The van der Waals surface area contributed by atoms with E-state index < -0.39 is 47.1 Å². The predicted molar refractivity (Wildman–Crippen MR) is 196 cm³/mol. The second-order valence-corrected chi connectivity index (χ2v) is 16.1. The van der Waals surface area contributed by atoms with Gasteiger partial charge in [0.05, 0.1) is 43.1 Å². The molecule has 6 aromatic rings. The van der Waals surface area contributed by atoms with Crippen molar-refractivity contribution in [1.29, 1.82) is 0 Å². The van der Waals surface area contributed by atoms with Gasteiger partial charge >= 0.3 is 0 Å². The van der Waals surface area contributed by atoms with Crippen LogP contribution in [-0.2, 0) is 30.3 Å².